The summed E-state index contributed by atoms with van der Waals surface area (Å²) in [5.41, 5.74) is 0.861. The number of carbonyl (C=O) groups excluding carboxylic acids is 2. The van der Waals surface area contributed by atoms with E-state index in [2.05, 4.69) is 0 Å². The van der Waals surface area contributed by atoms with Gasteiger partial charge >= 0.3 is 5.97 Å². The minimum absolute atomic E-state index is 0.0554. The normalized spacial score (nSPS) is 15.1. The van der Waals surface area contributed by atoms with Crippen molar-refractivity contribution < 1.29 is 23.8 Å². The van der Waals surface area contributed by atoms with E-state index in [-0.39, 0.29) is 17.8 Å². The fraction of sp³-hybridized carbons (Fsp3) is 0.500. The van der Waals surface area contributed by atoms with E-state index in [9.17, 15) is 9.59 Å². The number of ether oxygens (including phenoxy) is 3. The standard InChI is InChI=1S/C20H27NO5/c1-4-25-17-8-6-15(14-18(17)24-3)7-9-19(22)21-12-10-16(11-13-21)20(23)26-5-2/h6-9,14,16H,4-5,10-13H2,1-3H3/b9-7+. The second-order valence-corrected chi connectivity index (χ2v) is 6.03. The number of likely N-dealkylation sites (tertiary alicyclic amines) is 1. The molecule has 1 heterocycles. The highest BCUT2D eigenvalue weighted by atomic mass is 16.5. The van der Waals surface area contributed by atoms with Crippen LogP contribution in [0.1, 0.15) is 32.3 Å². The molecule has 6 nitrogen and oxygen atoms in total. The zero-order valence-corrected chi connectivity index (χ0v) is 15.7. The summed E-state index contributed by atoms with van der Waals surface area (Å²) in [6.07, 6.45) is 4.61. The van der Waals surface area contributed by atoms with Crippen molar-refractivity contribution in [1.82, 2.24) is 4.90 Å². The molecule has 0 bridgehead atoms. The van der Waals surface area contributed by atoms with Crippen LogP contribution in [0.3, 0.4) is 0 Å². The fourth-order valence-corrected chi connectivity index (χ4v) is 2.93. The molecular formula is C20H27NO5. The molecule has 0 saturated carbocycles. The van der Waals surface area contributed by atoms with Gasteiger partial charge in [0.2, 0.25) is 5.91 Å². The molecule has 1 aliphatic rings. The van der Waals surface area contributed by atoms with E-state index in [1.807, 2.05) is 25.1 Å². The van der Waals surface area contributed by atoms with Gasteiger partial charge in [-0.1, -0.05) is 6.07 Å². The first-order chi connectivity index (χ1) is 12.6. The molecule has 142 valence electrons. The molecule has 1 aromatic rings. The molecule has 0 radical (unpaired) electrons. The minimum Gasteiger partial charge on any atom is -0.493 e. The van der Waals surface area contributed by atoms with E-state index < -0.39 is 0 Å². The lowest BCUT2D eigenvalue weighted by atomic mass is 9.97. The van der Waals surface area contributed by atoms with Gasteiger partial charge < -0.3 is 19.1 Å². The Kier molecular flexibility index (Phi) is 7.51. The molecule has 0 spiro atoms. The van der Waals surface area contributed by atoms with Crippen LogP contribution in [-0.2, 0) is 14.3 Å². The quantitative estimate of drug-likeness (QED) is 0.552. The van der Waals surface area contributed by atoms with Crippen LogP contribution in [0.15, 0.2) is 24.3 Å². The van der Waals surface area contributed by atoms with Gasteiger partial charge in [-0.3, -0.25) is 9.59 Å². The molecule has 0 aromatic heterocycles. The maximum atomic E-state index is 12.4. The highest BCUT2D eigenvalue weighted by Gasteiger charge is 2.27. The van der Waals surface area contributed by atoms with E-state index >= 15 is 0 Å². The highest BCUT2D eigenvalue weighted by Crippen LogP contribution is 2.28. The molecule has 0 unspecified atom stereocenters. The molecular weight excluding hydrogens is 334 g/mol. The summed E-state index contributed by atoms with van der Waals surface area (Å²) < 4.78 is 15.9. The van der Waals surface area contributed by atoms with Gasteiger partial charge in [0, 0.05) is 19.2 Å². The molecule has 1 fully saturated rings. The van der Waals surface area contributed by atoms with E-state index in [0.29, 0.717) is 50.6 Å². The Morgan fingerprint density at radius 3 is 2.50 bits per heavy atom. The van der Waals surface area contributed by atoms with Crippen molar-refractivity contribution >= 4 is 18.0 Å². The zero-order chi connectivity index (χ0) is 18.9. The number of piperidine rings is 1. The van der Waals surface area contributed by atoms with E-state index in [0.717, 1.165) is 5.56 Å². The lowest BCUT2D eigenvalue weighted by Crippen LogP contribution is -2.39. The predicted molar refractivity (Wildman–Crippen MR) is 99.1 cm³/mol. The molecule has 1 amide bonds. The maximum Gasteiger partial charge on any atom is 0.309 e. The maximum absolute atomic E-state index is 12.4. The summed E-state index contributed by atoms with van der Waals surface area (Å²) in [5, 5.41) is 0. The first-order valence-corrected chi connectivity index (χ1v) is 9.03. The van der Waals surface area contributed by atoms with Crippen molar-refractivity contribution in [3.63, 3.8) is 0 Å². The number of hydrogen-bond donors (Lipinski definition) is 0. The van der Waals surface area contributed by atoms with Gasteiger partial charge in [0.05, 0.1) is 26.2 Å². The van der Waals surface area contributed by atoms with Crippen LogP contribution in [0.5, 0.6) is 11.5 Å². The lowest BCUT2D eigenvalue weighted by molar-refractivity contribution is -0.150. The van der Waals surface area contributed by atoms with Gasteiger partial charge in [-0.15, -0.1) is 0 Å². The SMILES string of the molecule is CCOC(=O)C1CCN(C(=O)/C=C/c2ccc(OCC)c(OC)c2)CC1. The Labute approximate surface area is 154 Å². The monoisotopic (exact) mass is 361 g/mol. The number of carbonyl (C=O) groups is 2. The first-order valence-electron chi connectivity index (χ1n) is 9.03. The average Bonchev–Trinajstić information content (AvgIpc) is 2.67. The third kappa shape index (κ3) is 5.25. The van der Waals surface area contributed by atoms with Gasteiger partial charge in [-0.25, -0.2) is 0 Å². The molecule has 6 heteroatoms. The Hall–Kier alpha value is -2.50. The molecule has 1 aromatic carbocycles. The summed E-state index contributed by atoms with van der Waals surface area (Å²) in [7, 11) is 1.59. The van der Waals surface area contributed by atoms with Crippen molar-refractivity contribution in [3.8, 4) is 11.5 Å². The predicted octanol–water partition coefficient (Wildman–Crippen LogP) is 2.91. The zero-order valence-electron chi connectivity index (χ0n) is 15.7. The van der Waals surface area contributed by atoms with Crippen LogP contribution < -0.4 is 9.47 Å². The highest BCUT2D eigenvalue weighted by molar-refractivity contribution is 5.92. The molecule has 1 saturated heterocycles. The van der Waals surface area contributed by atoms with Crippen molar-refractivity contribution in [2.45, 2.75) is 26.7 Å². The van der Waals surface area contributed by atoms with E-state index in [1.54, 1.807) is 31.1 Å². The topological polar surface area (TPSA) is 65.1 Å². The Balaban J connectivity index is 1.92. The second-order valence-electron chi connectivity index (χ2n) is 6.03. The van der Waals surface area contributed by atoms with Crippen LogP contribution in [0.25, 0.3) is 6.08 Å². The number of benzene rings is 1. The number of esters is 1. The molecule has 1 aliphatic heterocycles. The third-order valence-corrected chi connectivity index (χ3v) is 4.33. The van der Waals surface area contributed by atoms with Crippen LogP contribution in [0, 0.1) is 5.92 Å². The van der Waals surface area contributed by atoms with Gasteiger partial charge in [0.25, 0.3) is 0 Å². The van der Waals surface area contributed by atoms with Gasteiger partial charge in [-0.2, -0.15) is 0 Å². The first kappa shape index (κ1) is 19.8. The second kappa shape index (κ2) is 9.85. The average molecular weight is 361 g/mol. The molecule has 2 rings (SSSR count). The minimum atomic E-state index is -0.156. The summed E-state index contributed by atoms with van der Waals surface area (Å²) >= 11 is 0. The third-order valence-electron chi connectivity index (χ3n) is 4.33. The number of amides is 1. The van der Waals surface area contributed by atoms with Gasteiger partial charge in [0.15, 0.2) is 11.5 Å². The molecule has 0 aliphatic carbocycles. The van der Waals surface area contributed by atoms with Gasteiger partial charge in [-0.05, 0) is 50.5 Å². The lowest BCUT2D eigenvalue weighted by Gasteiger charge is -2.30. The van der Waals surface area contributed by atoms with E-state index in [1.165, 1.54) is 0 Å². The molecule has 0 atom stereocenters. The molecule has 26 heavy (non-hydrogen) atoms. The van der Waals surface area contributed by atoms with Crippen LogP contribution >= 0.6 is 0 Å². The van der Waals surface area contributed by atoms with Crippen LogP contribution in [-0.4, -0.2) is 50.2 Å². The Bertz CT molecular complexity index is 648. The van der Waals surface area contributed by atoms with Gasteiger partial charge in [0.1, 0.15) is 0 Å². The molecule has 0 N–H and O–H groups in total. The number of nitrogens with zero attached hydrogens (tertiary/aromatic N) is 1. The van der Waals surface area contributed by atoms with Crippen molar-refractivity contribution in [1.29, 1.82) is 0 Å². The summed E-state index contributed by atoms with van der Waals surface area (Å²) in [6.45, 7) is 5.81. The van der Waals surface area contributed by atoms with Crippen molar-refractivity contribution in [2.75, 3.05) is 33.4 Å². The number of hydrogen-bond acceptors (Lipinski definition) is 5. The largest absolute Gasteiger partial charge is 0.493 e. The summed E-state index contributed by atoms with van der Waals surface area (Å²) in [6, 6.07) is 5.55. The van der Waals surface area contributed by atoms with E-state index in [4.69, 9.17) is 14.2 Å². The fourth-order valence-electron chi connectivity index (χ4n) is 2.93. The Morgan fingerprint density at radius 2 is 1.88 bits per heavy atom. The number of rotatable bonds is 7. The smallest absolute Gasteiger partial charge is 0.309 e. The van der Waals surface area contributed by atoms with Crippen LogP contribution in [0.4, 0.5) is 0 Å². The van der Waals surface area contributed by atoms with Crippen molar-refractivity contribution in [2.24, 2.45) is 5.92 Å². The van der Waals surface area contributed by atoms with Crippen molar-refractivity contribution in [3.05, 3.63) is 29.8 Å². The summed E-state index contributed by atoms with van der Waals surface area (Å²) in [4.78, 5) is 25.9. The van der Waals surface area contributed by atoms with Crippen LogP contribution in [0.2, 0.25) is 0 Å². The number of methoxy groups -OCH3 is 1. The Morgan fingerprint density at radius 1 is 1.15 bits per heavy atom. The summed E-state index contributed by atoms with van der Waals surface area (Å²) in [5.74, 6) is 1.01.